The monoisotopic (exact) mass is 429 g/mol. The topological polar surface area (TPSA) is 61.9 Å². The minimum Gasteiger partial charge on any atom is -0.444 e. The number of ether oxygens (including phenoxy) is 1. The van der Waals surface area contributed by atoms with E-state index in [-0.39, 0.29) is 30.0 Å². The van der Waals surface area contributed by atoms with E-state index >= 15 is 0 Å². The lowest BCUT2D eigenvalue weighted by atomic mass is 9.93. The molecule has 0 atom stereocenters. The number of hydrogen-bond donors (Lipinski definition) is 1. The van der Waals surface area contributed by atoms with Crippen molar-refractivity contribution in [1.82, 2.24) is 4.90 Å². The summed E-state index contributed by atoms with van der Waals surface area (Å²) in [5, 5.41) is 2.63. The summed E-state index contributed by atoms with van der Waals surface area (Å²) in [7, 11) is 3.40. The molecule has 1 aliphatic rings. The summed E-state index contributed by atoms with van der Waals surface area (Å²) in [5.74, 6) is -0.287. The third-order valence-corrected chi connectivity index (χ3v) is 4.82. The lowest BCUT2D eigenvalue weighted by molar-refractivity contribution is -0.137. The van der Waals surface area contributed by atoms with E-state index in [2.05, 4.69) is 5.32 Å². The molecule has 30 heavy (non-hydrogen) atoms. The van der Waals surface area contributed by atoms with Gasteiger partial charge in [0.25, 0.3) is 0 Å². The van der Waals surface area contributed by atoms with E-state index in [1.165, 1.54) is 6.07 Å². The van der Waals surface area contributed by atoms with E-state index in [4.69, 9.17) is 4.74 Å². The summed E-state index contributed by atoms with van der Waals surface area (Å²) < 4.78 is 44.5. The Balaban J connectivity index is 1.96. The van der Waals surface area contributed by atoms with Crippen molar-refractivity contribution >= 4 is 23.4 Å². The number of piperidine rings is 1. The standard InChI is InChI=1S/C21H30F3N3O3/c1-20(2,3)30-19(29)27-10-8-14(9-11-27)12-18(28)25-16-13-15(21(22,23)24)6-7-17(16)26(4)5/h6-7,13-14H,8-12H2,1-5H3,(H,25,28). The average molecular weight is 429 g/mol. The van der Waals surface area contributed by atoms with E-state index in [0.717, 1.165) is 12.1 Å². The maximum atomic E-state index is 13.0. The fourth-order valence-corrected chi connectivity index (χ4v) is 3.31. The zero-order valence-corrected chi connectivity index (χ0v) is 18.1. The second-order valence-corrected chi connectivity index (χ2v) is 8.79. The van der Waals surface area contributed by atoms with Crippen molar-refractivity contribution in [3.63, 3.8) is 0 Å². The first-order chi connectivity index (χ1) is 13.8. The van der Waals surface area contributed by atoms with Gasteiger partial charge in [0.1, 0.15) is 5.60 Å². The van der Waals surface area contributed by atoms with Crippen molar-refractivity contribution < 1.29 is 27.5 Å². The molecule has 0 saturated carbocycles. The molecule has 0 unspecified atom stereocenters. The van der Waals surface area contributed by atoms with Crippen LogP contribution in [0.15, 0.2) is 18.2 Å². The SMILES string of the molecule is CN(C)c1ccc(C(F)(F)F)cc1NC(=O)CC1CCN(C(=O)OC(C)(C)C)CC1. The fraction of sp³-hybridized carbons (Fsp3) is 0.619. The van der Waals surface area contributed by atoms with E-state index in [0.29, 0.717) is 31.6 Å². The van der Waals surface area contributed by atoms with E-state index in [1.54, 1.807) is 44.7 Å². The second-order valence-electron chi connectivity index (χ2n) is 8.79. The van der Waals surface area contributed by atoms with Gasteiger partial charge in [-0.2, -0.15) is 13.2 Å². The molecule has 9 heteroatoms. The Hall–Kier alpha value is -2.45. The van der Waals surface area contributed by atoms with Crippen LogP contribution in [-0.2, 0) is 15.7 Å². The van der Waals surface area contributed by atoms with E-state index in [9.17, 15) is 22.8 Å². The average Bonchev–Trinajstić information content (AvgIpc) is 2.59. The highest BCUT2D eigenvalue weighted by atomic mass is 19.4. The number of nitrogens with one attached hydrogen (secondary N) is 1. The van der Waals surface area contributed by atoms with E-state index < -0.39 is 17.3 Å². The maximum absolute atomic E-state index is 13.0. The van der Waals surface area contributed by atoms with Gasteiger partial charge in [0.2, 0.25) is 5.91 Å². The molecule has 0 aromatic heterocycles. The highest BCUT2D eigenvalue weighted by molar-refractivity contribution is 5.94. The summed E-state index contributed by atoms with van der Waals surface area (Å²) in [6, 6.07) is 3.30. The van der Waals surface area contributed by atoms with Crippen LogP contribution in [0.25, 0.3) is 0 Å². The van der Waals surface area contributed by atoms with Gasteiger partial charge < -0.3 is 19.9 Å². The third kappa shape index (κ3) is 6.81. The maximum Gasteiger partial charge on any atom is 0.416 e. The Morgan fingerprint density at radius 1 is 1.17 bits per heavy atom. The van der Waals surface area contributed by atoms with Gasteiger partial charge in [-0.15, -0.1) is 0 Å². The second kappa shape index (κ2) is 9.14. The normalized spacial score (nSPS) is 15.7. The van der Waals surface area contributed by atoms with Crippen LogP contribution in [0.1, 0.15) is 45.6 Å². The van der Waals surface area contributed by atoms with Crippen molar-refractivity contribution in [3.8, 4) is 0 Å². The molecule has 1 fully saturated rings. The number of carbonyl (C=O) groups excluding carboxylic acids is 2. The Bertz CT molecular complexity index is 765. The van der Waals surface area contributed by atoms with Crippen LogP contribution in [0, 0.1) is 5.92 Å². The number of carbonyl (C=O) groups is 2. The lowest BCUT2D eigenvalue weighted by Crippen LogP contribution is -2.42. The quantitative estimate of drug-likeness (QED) is 0.751. The van der Waals surface area contributed by atoms with Crippen molar-refractivity contribution in [2.45, 2.75) is 51.8 Å². The predicted molar refractivity (Wildman–Crippen MR) is 110 cm³/mol. The third-order valence-electron chi connectivity index (χ3n) is 4.82. The molecule has 1 heterocycles. The fourth-order valence-electron chi connectivity index (χ4n) is 3.31. The zero-order valence-electron chi connectivity index (χ0n) is 18.1. The van der Waals surface area contributed by atoms with Gasteiger partial charge in [-0.05, 0) is 57.7 Å². The molecule has 2 rings (SSSR count). The van der Waals surface area contributed by atoms with Crippen LogP contribution in [0.2, 0.25) is 0 Å². The summed E-state index contributed by atoms with van der Waals surface area (Å²) in [6.07, 6.45) is -3.40. The zero-order chi connectivity index (χ0) is 22.7. The molecular formula is C21H30F3N3O3. The Morgan fingerprint density at radius 3 is 2.27 bits per heavy atom. The first kappa shape index (κ1) is 23.8. The van der Waals surface area contributed by atoms with Crippen molar-refractivity contribution in [1.29, 1.82) is 0 Å². The number of halogens is 3. The molecule has 0 aliphatic carbocycles. The van der Waals surface area contributed by atoms with Crippen LogP contribution in [-0.4, -0.2) is 49.7 Å². The van der Waals surface area contributed by atoms with Gasteiger partial charge in [0.05, 0.1) is 16.9 Å². The van der Waals surface area contributed by atoms with Gasteiger partial charge in [0, 0.05) is 33.6 Å². The molecule has 1 aromatic carbocycles. The molecule has 0 spiro atoms. The van der Waals surface area contributed by atoms with Crippen molar-refractivity contribution in [2.24, 2.45) is 5.92 Å². The van der Waals surface area contributed by atoms with Crippen LogP contribution in [0.5, 0.6) is 0 Å². The molecule has 0 bridgehead atoms. The molecule has 1 N–H and O–H groups in total. The Labute approximate surface area is 175 Å². The first-order valence-electron chi connectivity index (χ1n) is 9.92. The van der Waals surface area contributed by atoms with Gasteiger partial charge in [-0.3, -0.25) is 4.79 Å². The molecule has 1 saturated heterocycles. The first-order valence-corrected chi connectivity index (χ1v) is 9.92. The summed E-state index contributed by atoms with van der Waals surface area (Å²) in [4.78, 5) is 27.9. The molecule has 2 amide bonds. The molecule has 1 aliphatic heterocycles. The highest BCUT2D eigenvalue weighted by Crippen LogP contribution is 2.35. The highest BCUT2D eigenvalue weighted by Gasteiger charge is 2.32. The lowest BCUT2D eigenvalue weighted by Gasteiger charge is -2.33. The number of rotatable bonds is 4. The van der Waals surface area contributed by atoms with Gasteiger partial charge in [0.15, 0.2) is 0 Å². The number of benzene rings is 1. The van der Waals surface area contributed by atoms with Gasteiger partial charge >= 0.3 is 12.3 Å². The van der Waals surface area contributed by atoms with Crippen molar-refractivity contribution in [3.05, 3.63) is 23.8 Å². The molecule has 168 valence electrons. The van der Waals surface area contributed by atoms with Crippen LogP contribution < -0.4 is 10.2 Å². The number of alkyl halides is 3. The summed E-state index contributed by atoms with van der Waals surface area (Å²) in [6.45, 7) is 6.38. The molecule has 0 radical (unpaired) electrons. The van der Waals surface area contributed by atoms with Crippen LogP contribution in [0.3, 0.4) is 0 Å². The molecular weight excluding hydrogens is 399 g/mol. The molecule has 1 aromatic rings. The summed E-state index contributed by atoms with van der Waals surface area (Å²) in [5.41, 5.74) is -0.751. The summed E-state index contributed by atoms with van der Waals surface area (Å²) >= 11 is 0. The van der Waals surface area contributed by atoms with Gasteiger partial charge in [-0.25, -0.2) is 4.79 Å². The van der Waals surface area contributed by atoms with Crippen LogP contribution >= 0.6 is 0 Å². The molecule has 6 nitrogen and oxygen atoms in total. The van der Waals surface area contributed by atoms with Gasteiger partial charge in [-0.1, -0.05) is 0 Å². The number of likely N-dealkylation sites (tertiary alicyclic amines) is 1. The smallest absolute Gasteiger partial charge is 0.416 e. The Kier molecular flexibility index (Phi) is 7.26. The minimum atomic E-state index is -4.49. The predicted octanol–water partition coefficient (Wildman–Crippen LogP) is 4.75. The largest absolute Gasteiger partial charge is 0.444 e. The number of anilines is 2. The number of hydrogen-bond acceptors (Lipinski definition) is 4. The Morgan fingerprint density at radius 2 is 1.77 bits per heavy atom. The minimum absolute atomic E-state index is 0.0530. The van der Waals surface area contributed by atoms with Crippen molar-refractivity contribution in [2.75, 3.05) is 37.4 Å². The van der Waals surface area contributed by atoms with Crippen LogP contribution in [0.4, 0.5) is 29.3 Å². The van der Waals surface area contributed by atoms with E-state index in [1.807, 2.05) is 0 Å². The number of nitrogens with zero attached hydrogens (tertiary/aromatic N) is 2. The number of amides is 2.